The quantitative estimate of drug-likeness (QED) is 0.189. The van der Waals surface area contributed by atoms with Crippen molar-refractivity contribution >= 4 is 46.0 Å². The van der Waals surface area contributed by atoms with Crippen molar-refractivity contribution in [3.63, 3.8) is 0 Å². The van der Waals surface area contributed by atoms with Crippen molar-refractivity contribution in [2.75, 3.05) is 51.2 Å². The van der Waals surface area contributed by atoms with E-state index in [1.54, 1.807) is 50.6 Å². The molecule has 0 bridgehead atoms. The van der Waals surface area contributed by atoms with E-state index in [-0.39, 0.29) is 12.1 Å². The average molecular weight is 483 g/mol. The molecule has 0 spiro atoms. The Hall–Kier alpha value is -4.36. The van der Waals surface area contributed by atoms with Crippen LogP contribution >= 0.6 is 0 Å². The van der Waals surface area contributed by atoms with Crippen LogP contribution < -0.4 is 26.0 Å². The van der Waals surface area contributed by atoms with Crippen LogP contribution in [-0.4, -0.2) is 72.5 Å². The molecule has 0 radical (unpaired) electrons. The number of amides is 4. The number of nitrogens with zero attached hydrogens (tertiary/aromatic N) is 2. The smallest absolute Gasteiger partial charge is 0.321 e. The summed E-state index contributed by atoms with van der Waals surface area (Å²) in [6.07, 6.45) is 0. The maximum Gasteiger partial charge on any atom is 0.321 e. The van der Waals surface area contributed by atoms with Gasteiger partial charge >= 0.3 is 12.1 Å². The Morgan fingerprint density at radius 3 is 1.66 bits per heavy atom. The molecule has 35 heavy (non-hydrogen) atoms. The number of imidazole rings is 2. The van der Waals surface area contributed by atoms with Gasteiger partial charge in [0.25, 0.3) is 0 Å². The normalized spacial score (nSPS) is 10.9. The first-order chi connectivity index (χ1) is 17.0. The molecule has 0 saturated carbocycles. The number of methoxy groups -OCH3 is 2. The number of fused-ring (bicyclic) bond motifs is 2. The summed E-state index contributed by atoms with van der Waals surface area (Å²) in [6, 6.07) is 9.93. The summed E-state index contributed by atoms with van der Waals surface area (Å²) >= 11 is 0. The number of rotatable bonds is 10. The Bertz CT molecular complexity index is 1220. The first kappa shape index (κ1) is 23.8. The van der Waals surface area contributed by atoms with E-state index in [1.807, 2.05) is 0 Å². The molecule has 2 heterocycles. The zero-order chi connectivity index (χ0) is 24.6. The molecule has 4 amide bonds. The molecule has 4 aromatic rings. The lowest BCUT2D eigenvalue weighted by molar-refractivity contribution is 0.198. The SMILES string of the molecule is COCCNC(=O)Nc1nc2ccc(Oc3ccc4nc(NC(=O)NCCOC)[nH]c4c3)cc2[nH]1. The number of H-pyrrole nitrogens is 2. The maximum atomic E-state index is 11.9. The molecule has 2 aromatic heterocycles. The van der Waals surface area contributed by atoms with E-state index in [1.165, 1.54) is 0 Å². The highest BCUT2D eigenvalue weighted by Gasteiger charge is 2.10. The fourth-order valence-corrected chi connectivity index (χ4v) is 3.20. The van der Waals surface area contributed by atoms with E-state index in [0.717, 1.165) is 0 Å². The number of hydrogen-bond acceptors (Lipinski definition) is 7. The van der Waals surface area contributed by atoms with Gasteiger partial charge in [-0.1, -0.05) is 0 Å². The number of benzene rings is 2. The van der Waals surface area contributed by atoms with Gasteiger partial charge in [-0.25, -0.2) is 19.6 Å². The van der Waals surface area contributed by atoms with Crippen LogP contribution in [0.3, 0.4) is 0 Å². The first-order valence-corrected chi connectivity index (χ1v) is 10.8. The Balaban J connectivity index is 1.40. The number of nitrogens with one attached hydrogen (secondary N) is 6. The number of aromatic nitrogens is 4. The van der Waals surface area contributed by atoms with Crippen LogP contribution in [0.2, 0.25) is 0 Å². The molecule has 13 nitrogen and oxygen atoms in total. The van der Waals surface area contributed by atoms with Gasteiger partial charge < -0.3 is 34.8 Å². The molecule has 0 atom stereocenters. The maximum absolute atomic E-state index is 11.9. The van der Waals surface area contributed by atoms with E-state index in [2.05, 4.69) is 41.2 Å². The Morgan fingerprint density at radius 1 is 0.771 bits per heavy atom. The van der Waals surface area contributed by atoms with Crippen molar-refractivity contribution in [3.8, 4) is 11.5 Å². The van der Waals surface area contributed by atoms with Crippen molar-refractivity contribution in [2.45, 2.75) is 0 Å². The Kier molecular flexibility index (Phi) is 7.60. The third kappa shape index (κ3) is 6.37. The van der Waals surface area contributed by atoms with Crippen LogP contribution in [0.4, 0.5) is 21.5 Å². The van der Waals surface area contributed by atoms with Gasteiger partial charge in [0.2, 0.25) is 11.9 Å². The number of urea groups is 2. The fraction of sp³-hybridized carbons (Fsp3) is 0.273. The second-order valence-electron chi connectivity index (χ2n) is 7.38. The number of carbonyl (C=O) groups is 2. The molecule has 2 aromatic carbocycles. The molecule has 13 heteroatoms. The number of carbonyl (C=O) groups excluding carboxylic acids is 2. The summed E-state index contributed by atoms with van der Waals surface area (Å²) in [5.41, 5.74) is 2.74. The standard InChI is InChI=1S/C22H26N8O5/c1-33-9-7-23-21(31)29-19-25-15-5-3-13(11-17(15)27-19)35-14-4-6-16-18(12-14)28-20(26-16)30-22(32)24-8-10-34-2/h3-6,11-12H,7-10H2,1-2H3,(H3,23,25,27,29,31)(H3,24,26,28,30,32). The highest BCUT2D eigenvalue weighted by atomic mass is 16.5. The predicted molar refractivity (Wildman–Crippen MR) is 130 cm³/mol. The van der Waals surface area contributed by atoms with Gasteiger partial charge in [0.05, 0.1) is 35.3 Å². The summed E-state index contributed by atoms with van der Waals surface area (Å²) in [4.78, 5) is 38.6. The summed E-state index contributed by atoms with van der Waals surface area (Å²) in [7, 11) is 3.12. The number of aromatic amines is 2. The molecule has 0 fully saturated rings. The highest BCUT2D eigenvalue weighted by Crippen LogP contribution is 2.28. The zero-order valence-corrected chi connectivity index (χ0v) is 19.2. The molecule has 0 unspecified atom stereocenters. The van der Waals surface area contributed by atoms with E-state index < -0.39 is 0 Å². The second-order valence-corrected chi connectivity index (χ2v) is 7.38. The Labute approximate surface area is 199 Å². The minimum absolute atomic E-state index is 0.317. The predicted octanol–water partition coefficient (Wildman–Crippen LogP) is 2.77. The highest BCUT2D eigenvalue weighted by molar-refractivity contribution is 5.91. The zero-order valence-electron chi connectivity index (χ0n) is 19.2. The third-order valence-corrected chi connectivity index (χ3v) is 4.79. The van der Waals surface area contributed by atoms with Crippen molar-refractivity contribution in [1.82, 2.24) is 30.6 Å². The van der Waals surface area contributed by atoms with Crippen molar-refractivity contribution < 1.29 is 23.8 Å². The molecule has 6 N–H and O–H groups in total. The second kappa shape index (κ2) is 11.2. The lowest BCUT2D eigenvalue weighted by Gasteiger charge is -2.05. The summed E-state index contributed by atoms with van der Waals surface area (Å²) in [5, 5.41) is 10.6. The van der Waals surface area contributed by atoms with Crippen LogP contribution in [-0.2, 0) is 9.47 Å². The fourth-order valence-electron chi connectivity index (χ4n) is 3.20. The largest absolute Gasteiger partial charge is 0.457 e. The molecule has 0 aliphatic carbocycles. The summed E-state index contributed by atoms with van der Waals surface area (Å²) in [6.45, 7) is 1.61. The van der Waals surface area contributed by atoms with Gasteiger partial charge in [0, 0.05) is 39.4 Å². The van der Waals surface area contributed by atoms with Crippen LogP contribution in [0, 0.1) is 0 Å². The lowest BCUT2D eigenvalue weighted by atomic mass is 10.3. The van der Waals surface area contributed by atoms with Crippen molar-refractivity contribution in [2.24, 2.45) is 0 Å². The van der Waals surface area contributed by atoms with Crippen LogP contribution in [0.15, 0.2) is 36.4 Å². The van der Waals surface area contributed by atoms with Crippen molar-refractivity contribution in [1.29, 1.82) is 0 Å². The minimum Gasteiger partial charge on any atom is -0.457 e. The molecule has 0 aliphatic heterocycles. The van der Waals surface area contributed by atoms with Crippen LogP contribution in [0.25, 0.3) is 22.1 Å². The minimum atomic E-state index is -0.383. The molecular weight excluding hydrogens is 456 g/mol. The molecular formula is C22H26N8O5. The number of anilines is 2. The summed E-state index contributed by atoms with van der Waals surface area (Å²) < 4.78 is 15.8. The molecule has 4 rings (SSSR count). The average Bonchev–Trinajstić information content (AvgIpc) is 3.41. The van der Waals surface area contributed by atoms with E-state index >= 15 is 0 Å². The van der Waals surface area contributed by atoms with Crippen LogP contribution in [0.5, 0.6) is 11.5 Å². The number of ether oxygens (including phenoxy) is 3. The number of hydrogen-bond donors (Lipinski definition) is 6. The first-order valence-electron chi connectivity index (χ1n) is 10.8. The van der Waals surface area contributed by atoms with Gasteiger partial charge in [-0.3, -0.25) is 10.6 Å². The molecule has 0 aliphatic rings. The third-order valence-electron chi connectivity index (χ3n) is 4.79. The Morgan fingerprint density at radius 2 is 1.23 bits per heavy atom. The van der Waals surface area contributed by atoms with Gasteiger partial charge in [-0.2, -0.15) is 0 Å². The lowest BCUT2D eigenvalue weighted by Crippen LogP contribution is -2.31. The summed E-state index contributed by atoms with van der Waals surface area (Å²) in [5.74, 6) is 1.79. The van der Waals surface area contributed by atoms with Crippen molar-refractivity contribution in [3.05, 3.63) is 36.4 Å². The van der Waals surface area contributed by atoms with E-state index in [9.17, 15) is 9.59 Å². The van der Waals surface area contributed by atoms with Gasteiger partial charge in [0.1, 0.15) is 11.5 Å². The monoisotopic (exact) mass is 482 g/mol. The van der Waals surface area contributed by atoms with Gasteiger partial charge in [0.15, 0.2) is 0 Å². The topological polar surface area (TPSA) is 167 Å². The molecule has 184 valence electrons. The molecule has 0 saturated heterocycles. The van der Waals surface area contributed by atoms with Gasteiger partial charge in [-0.15, -0.1) is 0 Å². The van der Waals surface area contributed by atoms with Crippen LogP contribution in [0.1, 0.15) is 0 Å². The van der Waals surface area contributed by atoms with Gasteiger partial charge in [-0.05, 0) is 24.3 Å². The van der Waals surface area contributed by atoms with E-state index in [4.69, 9.17) is 14.2 Å². The van der Waals surface area contributed by atoms with E-state index in [0.29, 0.717) is 71.8 Å².